The molecular formula is C14H17N3O. The highest BCUT2D eigenvalue weighted by Crippen LogP contribution is 2.29. The largest absolute Gasteiger partial charge is 0.358 e. The van der Waals surface area contributed by atoms with Crippen molar-refractivity contribution < 1.29 is 4.79 Å². The highest BCUT2D eigenvalue weighted by molar-refractivity contribution is 5.86. The van der Waals surface area contributed by atoms with Gasteiger partial charge in [0.05, 0.1) is 11.3 Å². The molecule has 2 rings (SSSR count). The smallest absolute Gasteiger partial charge is 0.242 e. The van der Waals surface area contributed by atoms with Crippen LogP contribution in [0.5, 0.6) is 0 Å². The molecule has 18 heavy (non-hydrogen) atoms. The van der Waals surface area contributed by atoms with E-state index in [0.29, 0.717) is 5.56 Å². The minimum absolute atomic E-state index is 0.0258. The summed E-state index contributed by atoms with van der Waals surface area (Å²) in [6, 6.07) is 7.79. The lowest BCUT2D eigenvalue weighted by Gasteiger charge is -2.26. The molecule has 1 saturated heterocycles. The zero-order chi connectivity index (χ0) is 13.1. The Bertz CT molecular complexity index is 504. The summed E-state index contributed by atoms with van der Waals surface area (Å²) in [5.41, 5.74) is 2.62. The van der Waals surface area contributed by atoms with Gasteiger partial charge in [0.15, 0.2) is 0 Å². The molecule has 0 aromatic heterocycles. The predicted octanol–water partition coefficient (Wildman–Crippen LogP) is 1.58. The van der Waals surface area contributed by atoms with Gasteiger partial charge in [0.2, 0.25) is 5.91 Å². The quantitative estimate of drug-likeness (QED) is 0.858. The van der Waals surface area contributed by atoms with Gasteiger partial charge in [-0.15, -0.1) is 0 Å². The van der Waals surface area contributed by atoms with Crippen molar-refractivity contribution in [3.05, 3.63) is 29.3 Å². The second kappa shape index (κ2) is 5.09. The molecule has 1 unspecified atom stereocenters. The van der Waals surface area contributed by atoms with Crippen molar-refractivity contribution in [3.63, 3.8) is 0 Å². The molecule has 1 amide bonds. The summed E-state index contributed by atoms with van der Waals surface area (Å²) in [5, 5.41) is 11.9. The fourth-order valence-corrected chi connectivity index (χ4v) is 2.47. The van der Waals surface area contributed by atoms with Crippen LogP contribution < -0.4 is 10.2 Å². The minimum atomic E-state index is -0.149. The molecule has 1 aliphatic heterocycles. The first-order valence-corrected chi connectivity index (χ1v) is 6.16. The van der Waals surface area contributed by atoms with Gasteiger partial charge in [-0.2, -0.15) is 5.26 Å². The number of aryl methyl sites for hydroxylation is 1. The number of nitriles is 1. The van der Waals surface area contributed by atoms with Crippen LogP contribution in [0.1, 0.15) is 24.0 Å². The van der Waals surface area contributed by atoms with Crippen LogP contribution in [-0.4, -0.2) is 25.5 Å². The van der Waals surface area contributed by atoms with Crippen molar-refractivity contribution in [1.29, 1.82) is 5.26 Å². The Hall–Kier alpha value is -2.02. The summed E-state index contributed by atoms with van der Waals surface area (Å²) in [5.74, 6) is 0.0258. The molecule has 4 nitrogen and oxygen atoms in total. The maximum Gasteiger partial charge on any atom is 0.242 e. The second-order valence-corrected chi connectivity index (χ2v) is 4.60. The van der Waals surface area contributed by atoms with Crippen molar-refractivity contribution in [1.82, 2.24) is 5.32 Å². The SMILES string of the molecule is CNC(=O)C1CCCN1c1cc(C)ccc1C#N. The number of hydrogen-bond donors (Lipinski definition) is 1. The van der Waals surface area contributed by atoms with E-state index in [1.54, 1.807) is 7.05 Å². The lowest BCUT2D eigenvalue weighted by Crippen LogP contribution is -2.42. The highest BCUT2D eigenvalue weighted by Gasteiger charge is 2.31. The molecule has 1 aromatic carbocycles. The molecule has 1 atom stereocenters. The number of carbonyl (C=O) groups is 1. The van der Waals surface area contributed by atoms with Gasteiger partial charge in [-0.1, -0.05) is 6.07 Å². The van der Waals surface area contributed by atoms with Gasteiger partial charge >= 0.3 is 0 Å². The molecule has 1 aliphatic rings. The van der Waals surface area contributed by atoms with Crippen molar-refractivity contribution in [2.75, 3.05) is 18.5 Å². The highest BCUT2D eigenvalue weighted by atomic mass is 16.2. The van der Waals surface area contributed by atoms with Gasteiger partial charge in [-0.05, 0) is 37.5 Å². The third kappa shape index (κ3) is 2.17. The molecule has 1 fully saturated rings. The van der Waals surface area contributed by atoms with E-state index in [4.69, 9.17) is 0 Å². The van der Waals surface area contributed by atoms with Crippen molar-refractivity contribution in [2.24, 2.45) is 0 Å². The number of likely N-dealkylation sites (N-methyl/N-ethyl adjacent to an activating group) is 1. The average Bonchev–Trinajstić information content (AvgIpc) is 2.86. The van der Waals surface area contributed by atoms with Crippen molar-refractivity contribution >= 4 is 11.6 Å². The van der Waals surface area contributed by atoms with E-state index in [2.05, 4.69) is 11.4 Å². The first-order valence-electron chi connectivity index (χ1n) is 6.16. The third-order valence-electron chi connectivity index (χ3n) is 3.38. The van der Waals surface area contributed by atoms with Crippen molar-refractivity contribution in [2.45, 2.75) is 25.8 Å². The fraction of sp³-hybridized carbons (Fsp3) is 0.429. The Morgan fingerprint density at radius 2 is 2.33 bits per heavy atom. The van der Waals surface area contributed by atoms with Crippen LogP contribution in [0.15, 0.2) is 18.2 Å². The summed E-state index contributed by atoms with van der Waals surface area (Å²) < 4.78 is 0. The lowest BCUT2D eigenvalue weighted by atomic mass is 10.1. The monoisotopic (exact) mass is 243 g/mol. The molecule has 0 saturated carbocycles. The summed E-state index contributed by atoms with van der Waals surface area (Å²) in [6.45, 7) is 2.83. The Kier molecular flexibility index (Phi) is 3.52. The standard InChI is InChI=1S/C14H17N3O/c1-10-5-6-11(9-15)13(8-10)17-7-3-4-12(17)14(18)16-2/h5-6,8,12H,3-4,7H2,1-2H3,(H,16,18). The molecule has 1 aromatic rings. The van der Waals surface area contributed by atoms with Crippen LogP contribution in [0.3, 0.4) is 0 Å². The minimum Gasteiger partial charge on any atom is -0.358 e. The van der Waals surface area contributed by atoms with E-state index < -0.39 is 0 Å². The Balaban J connectivity index is 2.39. The van der Waals surface area contributed by atoms with E-state index >= 15 is 0 Å². The predicted molar refractivity (Wildman–Crippen MR) is 70.3 cm³/mol. The van der Waals surface area contributed by atoms with Crippen LogP contribution in [0.25, 0.3) is 0 Å². The van der Waals surface area contributed by atoms with Gasteiger partial charge < -0.3 is 10.2 Å². The van der Waals surface area contributed by atoms with Gasteiger partial charge in [0.25, 0.3) is 0 Å². The number of amides is 1. The zero-order valence-electron chi connectivity index (χ0n) is 10.7. The first-order chi connectivity index (χ1) is 8.67. The van der Waals surface area contributed by atoms with Crippen LogP contribution in [0, 0.1) is 18.3 Å². The molecule has 1 N–H and O–H groups in total. The molecule has 4 heteroatoms. The van der Waals surface area contributed by atoms with Gasteiger partial charge in [-0.3, -0.25) is 4.79 Å². The summed E-state index contributed by atoms with van der Waals surface area (Å²) >= 11 is 0. The summed E-state index contributed by atoms with van der Waals surface area (Å²) in [6.07, 6.45) is 1.83. The van der Waals surface area contributed by atoms with Crippen LogP contribution >= 0.6 is 0 Å². The number of nitrogens with zero attached hydrogens (tertiary/aromatic N) is 2. The first kappa shape index (κ1) is 12.4. The van der Waals surface area contributed by atoms with E-state index in [1.807, 2.05) is 30.0 Å². The lowest BCUT2D eigenvalue weighted by molar-refractivity contribution is -0.121. The Morgan fingerprint density at radius 1 is 1.56 bits per heavy atom. The number of nitrogens with one attached hydrogen (secondary N) is 1. The van der Waals surface area contributed by atoms with Crippen LogP contribution in [-0.2, 0) is 4.79 Å². The van der Waals surface area contributed by atoms with E-state index in [1.165, 1.54) is 0 Å². The fourth-order valence-electron chi connectivity index (χ4n) is 2.47. The Morgan fingerprint density at radius 3 is 3.00 bits per heavy atom. The average molecular weight is 243 g/mol. The van der Waals surface area contributed by atoms with Crippen molar-refractivity contribution in [3.8, 4) is 6.07 Å². The Labute approximate surface area is 107 Å². The maximum absolute atomic E-state index is 11.8. The number of hydrogen-bond acceptors (Lipinski definition) is 3. The molecule has 0 aliphatic carbocycles. The number of rotatable bonds is 2. The summed E-state index contributed by atoms with van der Waals surface area (Å²) in [7, 11) is 1.65. The van der Waals surface area contributed by atoms with Crippen LogP contribution in [0.2, 0.25) is 0 Å². The molecule has 0 spiro atoms. The number of carbonyl (C=O) groups excluding carboxylic acids is 1. The number of benzene rings is 1. The normalized spacial score (nSPS) is 18.5. The zero-order valence-corrected chi connectivity index (χ0v) is 10.7. The molecule has 94 valence electrons. The second-order valence-electron chi connectivity index (χ2n) is 4.60. The molecule has 0 radical (unpaired) electrons. The van der Waals surface area contributed by atoms with E-state index in [9.17, 15) is 10.1 Å². The van der Waals surface area contributed by atoms with E-state index in [-0.39, 0.29) is 11.9 Å². The van der Waals surface area contributed by atoms with Gasteiger partial charge in [0.1, 0.15) is 12.1 Å². The molecule has 0 bridgehead atoms. The maximum atomic E-state index is 11.8. The number of anilines is 1. The third-order valence-corrected chi connectivity index (χ3v) is 3.38. The molecular weight excluding hydrogens is 226 g/mol. The topological polar surface area (TPSA) is 56.1 Å². The van der Waals surface area contributed by atoms with Gasteiger partial charge in [-0.25, -0.2) is 0 Å². The molecule has 1 heterocycles. The van der Waals surface area contributed by atoms with Crippen LogP contribution in [0.4, 0.5) is 5.69 Å². The van der Waals surface area contributed by atoms with Gasteiger partial charge in [0, 0.05) is 13.6 Å². The summed E-state index contributed by atoms with van der Waals surface area (Å²) in [4.78, 5) is 13.9. The van der Waals surface area contributed by atoms with E-state index in [0.717, 1.165) is 30.6 Å².